The van der Waals surface area contributed by atoms with Crippen LogP contribution in [0, 0.1) is 0 Å². The first-order valence-electron chi connectivity index (χ1n) is 5.17. The van der Waals surface area contributed by atoms with Gasteiger partial charge in [0.2, 0.25) is 5.91 Å². The molecule has 5 heteroatoms. The Bertz CT molecular complexity index is 222. The van der Waals surface area contributed by atoms with Crippen molar-refractivity contribution in [2.24, 2.45) is 0 Å². The Morgan fingerprint density at radius 1 is 1.43 bits per heavy atom. The van der Waals surface area contributed by atoms with Crippen molar-refractivity contribution in [3.05, 3.63) is 0 Å². The van der Waals surface area contributed by atoms with Crippen LogP contribution >= 0.6 is 0 Å². The molecule has 0 radical (unpaired) electrons. The highest BCUT2D eigenvalue weighted by Gasteiger charge is 2.31. The molecule has 2 heterocycles. The number of nitrogens with one attached hydrogen (secondary N) is 2. The quantitative estimate of drug-likeness (QED) is 0.463. The molecular weight excluding hydrogens is 182 g/mol. The first kappa shape index (κ1) is 9.89. The van der Waals surface area contributed by atoms with Gasteiger partial charge in [0.25, 0.3) is 0 Å². The zero-order valence-corrected chi connectivity index (χ0v) is 8.20. The van der Waals surface area contributed by atoms with Crippen molar-refractivity contribution in [1.29, 1.82) is 0 Å². The van der Waals surface area contributed by atoms with Crippen LogP contribution in [-0.2, 0) is 4.79 Å². The number of β-amino-alcohol motifs (C(OH)–C–C–N with tert-alkyl or cyclic N) is 1. The number of hydrogen-bond donors (Lipinski definition) is 3. The van der Waals surface area contributed by atoms with Crippen LogP contribution in [-0.4, -0.2) is 60.8 Å². The minimum Gasteiger partial charge on any atom is -0.390 e. The van der Waals surface area contributed by atoms with Crippen LogP contribution in [0.25, 0.3) is 0 Å². The zero-order chi connectivity index (χ0) is 9.97. The van der Waals surface area contributed by atoms with Crippen LogP contribution in [0.4, 0.5) is 0 Å². The maximum atomic E-state index is 11.3. The van der Waals surface area contributed by atoms with Crippen LogP contribution < -0.4 is 10.6 Å². The van der Waals surface area contributed by atoms with Gasteiger partial charge < -0.3 is 15.7 Å². The van der Waals surface area contributed by atoms with E-state index in [9.17, 15) is 9.90 Å². The van der Waals surface area contributed by atoms with E-state index in [4.69, 9.17) is 0 Å². The van der Waals surface area contributed by atoms with Gasteiger partial charge in [-0.05, 0) is 6.42 Å². The minimum atomic E-state index is -0.333. The summed E-state index contributed by atoms with van der Waals surface area (Å²) >= 11 is 0. The van der Waals surface area contributed by atoms with Gasteiger partial charge in [-0.3, -0.25) is 9.69 Å². The van der Waals surface area contributed by atoms with Gasteiger partial charge in [0, 0.05) is 32.2 Å². The highest BCUT2D eigenvalue weighted by molar-refractivity contribution is 5.78. The predicted octanol–water partition coefficient (Wildman–Crippen LogP) is -1.86. The molecule has 0 saturated carbocycles. The second kappa shape index (κ2) is 4.25. The molecule has 2 atom stereocenters. The number of carbonyl (C=O) groups is 1. The molecule has 2 aliphatic rings. The van der Waals surface area contributed by atoms with Gasteiger partial charge in [-0.2, -0.15) is 0 Å². The summed E-state index contributed by atoms with van der Waals surface area (Å²) in [6.45, 7) is 3.49. The van der Waals surface area contributed by atoms with Crippen molar-refractivity contribution in [2.45, 2.75) is 18.6 Å². The molecule has 0 aromatic carbocycles. The van der Waals surface area contributed by atoms with Gasteiger partial charge in [0.15, 0.2) is 0 Å². The van der Waals surface area contributed by atoms with Crippen LogP contribution in [0.15, 0.2) is 0 Å². The number of carbonyl (C=O) groups excluding carboxylic acids is 1. The Balaban J connectivity index is 1.97. The molecule has 14 heavy (non-hydrogen) atoms. The summed E-state index contributed by atoms with van der Waals surface area (Å²) in [7, 11) is 0. The highest BCUT2D eigenvalue weighted by atomic mass is 16.3. The van der Waals surface area contributed by atoms with E-state index in [0.29, 0.717) is 13.1 Å². The monoisotopic (exact) mass is 199 g/mol. The van der Waals surface area contributed by atoms with Crippen LogP contribution in [0.5, 0.6) is 0 Å². The van der Waals surface area contributed by atoms with Gasteiger partial charge >= 0.3 is 0 Å². The van der Waals surface area contributed by atoms with Crippen LogP contribution in [0.3, 0.4) is 0 Å². The zero-order valence-electron chi connectivity index (χ0n) is 8.20. The van der Waals surface area contributed by atoms with Crippen molar-refractivity contribution < 1.29 is 9.90 Å². The molecule has 3 N–H and O–H groups in total. The molecule has 2 rings (SSSR count). The van der Waals surface area contributed by atoms with Crippen LogP contribution in [0.2, 0.25) is 0 Å². The van der Waals surface area contributed by atoms with E-state index in [2.05, 4.69) is 15.5 Å². The van der Waals surface area contributed by atoms with E-state index in [1.165, 1.54) is 0 Å². The number of nitrogens with zero attached hydrogens (tertiary/aromatic N) is 1. The van der Waals surface area contributed by atoms with Gasteiger partial charge in [-0.1, -0.05) is 0 Å². The highest BCUT2D eigenvalue weighted by Crippen LogP contribution is 2.10. The molecule has 5 nitrogen and oxygen atoms in total. The molecule has 0 bridgehead atoms. The summed E-state index contributed by atoms with van der Waals surface area (Å²) in [5.74, 6) is 0.0709. The van der Waals surface area contributed by atoms with Crippen molar-refractivity contribution in [1.82, 2.24) is 15.5 Å². The summed E-state index contributed by atoms with van der Waals surface area (Å²) in [4.78, 5) is 13.4. The standard InChI is InChI=1S/C9H17N3O2/c13-8-5-10-4-7(8)12-3-1-2-11-9(14)6-12/h7-8,10,13H,1-6H2,(H,11,14). The van der Waals surface area contributed by atoms with E-state index < -0.39 is 0 Å². The Hall–Kier alpha value is -0.650. The summed E-state index contributed by atoms with van der Waals surface area (Å²) in [5.41, 5.74) is 0. The topological polar surface area (TPSA) is 64.6 Å². The van der Waals surface area contributed by atoms with Gasteiger partial charge in [-0.15, -0.1) is 0 Å². The first-order chi connectivity index (χ1) is 6.77. The van der Waals surface area contributed by atoms with E-state index in [1.807, 2.05) is 0 Å². The largest absolute Gasteiger partial charge is 0.390 e. The van der Waals surface area contributed by atoms with Gasteiger partial charge in [-0.25, -0.2) is 0 Å². The van der Waals surface area contributed by atoms with E-state index in [-0.39, 0.29) is 18.1 Å². The fraction of sp³-hybridized carbons (Fsp3) is 0.889. The fourth-order valence-electron chi connectivity index (χ4n) is 2.14. The molecule has 2 saturated heterocycles. The Labute approximate surface area is 83.5 Å². The van der Waals surface area contributed by atoms with Gasteiger partial charge in [0.1, 0.15) is 0 Å². The van der Waals surface area contributed by atoms with Crippen molar-refractivity contribution in [3.63, 3.8) is 0 Å². The number of amides is 1. The third-order valence-electron chi connectivity index (χ3n) is 2.91. The number of rotatable bonds is 1. The average Bonchev–Trinajstić information content (AvgIpc) is 2.45. The SMILES string of the molecule is O=C1CN(C2CNCC2O)CCCN1. The first-order valence-corrected chi connectivity index (χ1v) is 5.17. The fourth-order valence-corrected chi connectivity index (χ4v) is 2.14. The molecular formula is C9H17N3O2. The lowest BCUT2D eigenvalue weighted by atomic mass is 10.1. The molecule has 0 spiro atoms. The average molecular weight is 199 g/mol. The maximum absolute atomic E-state index is 11.3. The molecule has 2 aliphatic heterocycles. The van der Waals surface area contributed by atoms with Crippen molar-refractivity contribution >= 4 is 5.91 Å². The number of aliphatic hydroxyl groups is 1. The molecule has 0 aromatic rings. The van der Waals surface area contributed by atoms with E-state index >= 15 is 0 Å². The summed E-state index contributed by atoms with van der Waals surface area (Å²) < 4.78 is 0. The maximum Gasteiger partial charge on any atom is 0.234 e. The summed E-state index contributed by atoms with van der Waals surface area (Å²) in [6.07, 6.45) is 0.635. The third-order valence-corrected chi connectivity index (χ3v) is 2.91. The molecule has 0 aromatic heterocycles. The molecule has 80 valence electrons. The van der Waals surface area contributed by atoms with Crippen molar-refractivity contribution in [3.8, 4) is 0 Å². The minimum absolute atomic E-state index is 0.0709. The van der Waals surface area contributed by atoms with Crippen molar-refractivity contribution in [2.75, 3.05) is 32.7 Å². The summed E-state index contributed by atoms with van der Waals surface area (Å²) in [5, 5.41) is 15.6. The van der Waals surface area contributed by atoms with Gasteiger partial charge in [0.05, 0.1) is 12.6 Å². The molecule has 2 fully saturated rings. The molecule has 2 unspecified atom stereocenters. The van der Waals surface area contributed by atoms with Crippen LogP contribution in [0.1, 0.15) is 6.42 Å². The van der Waals surface area contributed by atoms with E-state index in [0.717, 1.165) is 26.1 Å². The normalized spacial score (nSPS) is 35.4. The lowest BCUT2D eigenvalue weighted by Gasteiger charge is -2.27. The molecule has 0 aliphatic carbocycles. The second-order valence-electron chi connectivity index (χ2n) is 3.97. The second-order valence-corrected chi connectivity index (χ2v) is 3.97. The Kier molecular flexibility index (Phi) is 3.00. The Morgan fingerprint density at radius 2 is 2.29 bits per heavy atom. The lowest BCUT2D eigenvalue weighted by molar-refractivity contribution is -0.122. The predicted molar refractivity (Wildman–Crippen MR) is 51.9 cm³/mol. The number of aliphatic hydroxyl groups excluding tert-OH is 1. The Morgan fingerprint density at radius 3 is 3.00 bits per heavy atom. The molecule has 1 amide bonds. The number of hydrogen-bond acceptors (Lipinski definition) is 4. The third kappa shape index (κ3) is 2.05. The lowest BCUT2D eigenvalue weighted by Crippen LogP contribution is -2.46. The smallest absolute Gasteiger partial charge is 0.234 e. The summed E-state index contributed by atoms with van der Waals surface area (Å²) in [6, 6.07) is 0.110. The van der Waals surface area contributed by atoms with E-state index in [1.54, 1.807) is 0 Å².